The minimum Gasteiger partial charge on any atom is -0.326 e. The fourth-order valence-electron chi connectivity index (χ4n) is 3.20. The summed E-state index contributed by atoms with van der Waals surface area (Å²) in [5, 5.41) is 7.45. The van der Waals surface area contributed by atoms with Crippen molar-refractivity contribution in [2.75, 3.05) is 18.4 Å². The molecule has 0 saturated carbocycles. The van der Waals surface area contributed by atoms with Gasteiger partial charge in [-0.15, -0.1) is 23.7 Å². The SMILES string of the molecule is Cl.O=C(Nc1ccc(Cc2nc3ccccc3s2)cc1)C1CCNCC1. The summed E-state index contributed by atoms with van der Waals surface area (Å²) in [7, 11) is 0. The Morgan fingerprint density at radius 1 is 1.12 bits per heavy atom. The number of halogens is 1. The average molecular weight is 388 g/mol. The van der Waals surface area contributed by atoms with Gasteiger partial charge < -0.3 is 10.6 Å². The van der Waals surface area contributed by atoms with Crippen molar-refractivity contribution >= 4 is 45.6 Å². The van der Waals surface area contributed by atoms with Gasteiger partial charge in [-0.25, -0.2) is 4.98 Å². The van der Waals surface area contributed by atoms with E-state index in [4.69, 9.17) is 0 Å². The fourth-order valence-corrected chi connectivity index (χ4v) is 4.21. The summed E-state index contributed by atoms with van der Waals surface area (Å²) in [6, 6.07) is 16.3. The quantitative estimate of drug-likeness (QED) is 0.703. The first-order chi connectivity index (χ1) is 12.3. The Morgan fingerprint density at radius 3 is 2.58 bits per heavy atom. The number of amides is 1. The second-order valence-electron chi connectivity index (χ2n) is 6.46. The Bertz CT molecular complexity index is 839. The van der Waals surface area contributed by atoms with Crippen molar-refractivity contribution in [1.29, 1.82) is 0 Å². The second-order valence-corrected chi connectivity index (χ2v) is 7.58. The molecule has 1 fully saturated rings. The van der Waals surface area contributed by atoms with Crippen LogP contribution in [0.5, 0.6) is 0 Å². The first-order valence-corrected chi connectivity index (χ1v) is 9.54. The van der Waals surface area contributed by atoms with Gasteiger partial charge in [0.2, 0.25) is 5.91 Å². The van der Waals surface area contributed by atoms with Crippen LogP contribution in [-0.4, -0.2) is 24.0 Å². The number of para-hydroxylation sites is 1. The van der Waals surface area contributed by atoms with Gasteiger partial charge in [0, 0.05) is 18.0 Å². The first-order valence-electron chi connectivity index (χ1n) is 8.73. The number of fused-ring (bicyclic) bond motifs is 1. The Kier molecular flexibility index (Phi) is 6.25. The number of rotatable bonds is 4. The maximum Gasteiger partial charge on any atom is 0.227 e. The highest BCUT2D eigenvalue weighted by Gasteiger charge is 2.20. The molecule has 0 atom stereocenters. The summed E-state index contributed by atoms with van der Waals surface area (Å²) < 4.78 is 1.23. The van der Waals surface area contributed by atoms with E-state index in [1.807, 2.05) is 24.3 Å². The molecule has 2 N–H and O–H groups in total. The number of hydrogen-bond acceptors (Lipinski definition) is 4. The summed E-state index contributed by atoms with van der Waals surface area (Å²) in [5.41, 5.74) is 3.14. The molecule has 1 aliphatic rings. The Balaban J connectivity index is 0.00000196. The molecule has 0 aliphatic carbocycles. The maximum atomic E-state index is 12.3. The molecule has 4 rings (SSSR count). The van der Waals surface area contributed by atoms with E-state index in [-0.39, 0.29) is 24.2 Å². The molecule has 0 unspecified atom stereocenters. The molecule has 1 amide bonds. The summed E-state index contributed by atoms with van der Waals surface area (Å²) in [6.07, 6.45) is 2.66. The molecule has 1 aliphatic heterocycles. The van der Waals surface area contributed by atoms with Crippen LogP contribution in [0.2, 0.25) is 0 Å². The van der Waals surface area contributed by atoms with Crippen molar-refractivity contribution in [2.45, 2.75) is 19.3 Å². The molecule has 0 bridgehead atoms. The maximum absolute atomic E-state index is 12.3. The number of benzene rings is 2. The zero-order chi connectivity index (χ0) is 17.1. The Labute approximate surface area is 163 Å². The van der Waals surface area contributed by atoms with E-state index in [9.17, 15) is 4.79 Å². The molecule has 2 heterocycles. The molecule has 3 aromatic rings. The molecule has 0 radical (unpaired) electrons. The van der Waals surface area contributed by atoms with E-state index >= 15 is 0 Å². The molecule has 4 nitrogen and oxygen atoms in total. The third-order valence-electron chi connectivity index (χ3n) is 4.62. The number of nitrogens with one attached hydrogen (secondary N) is 2. The monoisotopic (exact) mass is 387 g/mol. The van der Waals surface area contributed by atoms with Crippen molar-refractivity contribution in [3.8, 4) is 0 Å². The number of piperidine rings is 1. The fraction of sp³-hybridized carbons (Fsp3) is 0.300. The number of anilines is 1. The van der Waals surface area contributed by atoms with Gasteiger partial charge in [0.15, 0.2) is 0 Å². The van der Waals surface area contributed by atoms with Crippen molar-refractivity contribution in [1.82, 2.24) is 10.3 Å². The van der Waals surface area contributed by atoms with E-state index in [2.05, 4.69) is 39.9 Å². The molecule has 1 aromatic heterocycles. The third kappa shape index (κ3) is 4.41. The van der Waals surface area contributed by atoms with Crippen LogP contribution in [0, 0.1) is 5.92 Å². The van der Waals surface area contributed by atoms with Crippen LogP contribution in [0.15, 0.2) is 48.5 Å². The third-order valence-corrected chi connectivity index (χ3v) is 5.66. The number of aromatic nitrogens is 1. The summed E-state index contributed by atoms with van der Waals surface area (Å²) >= 11 is 1.74. The van der Waals surface area contributed by atoms with E-state index in [1.54, 1.807) is 11.3 Å². The lowest BCUT2D eigenvalue weighted by atomic mass is 9.97. The predicted octanol–water partition coefficient (Wildman–Crippen LogP) is 4.25. The molecule has 1 saturated heterocycles. The molecular weight excluding hydrogens is 366 g/mol. The minimum absolute atomic E-state index is 0. The van der Waals surface area contributed by atoms with Crippen molar-refractivity contribution in [3.05, 3.63) is 59.1 Å². The van der Waals surface area contributed by atoms with E-state index in [1.165, 1.54) is 10.3 Å². The zero-order valence-electron chi connectivity index (χ0n) is 14.4. The molecule has 0 spiro atoms. The predicted molar refractivity (Wildman–Crippen MR) is 110 cm³/mol. The van der Waals surface area contributed by atoms with Gasteiger partial charge >= 0.3 is 0 Å². The van der Waals surface area contributed by atoms with E-state index in [0.717, 1.165) is 48.6 Å². The highest BCUT2D eigenvalue weighted by Crippen LogP contribution is 2.24. The lowest BCUT2D eigenvalue weighted by molar-refractivity contribution is -0.120. The van der Waals surface area contributed by atoms with Gasteiger partial charge in [0.05, 0.1) is 15.2 Å². The second kappa shape index (κ2) is 8.62. The topological polar surface area (TPSA) is 54.0 Å². The highest BCUT2D eigenvalue weighted by atomic mass is 35.5. The number of thiazole rings is 1. The van der Waals surface area contributed by atoms with Gasteiger partial charge in [0.25, 0.3) is 0 Å². The van der Waals surface area contributed by atoms with Gasteiger partial charge in [-0.3, -0.25) is 4.79 Å². The molecule has 6 heteroatoms. The van der Waals surface area contributed by atoms with Crippen molar-refractivity contribution < 1.29 is 4.79 Å². The molecule has 26 heavy (non-hydrogen) atoms. The van der Waals surface area contributed by atoms with Crippen LogP contribution in [0.25, 0.3) is 10.2 Å². The Morgan fingerprint density at radius 2 is 1.85 bits per heavy atom. The van der Waals surface area contributed by atoms with Gasteiger partial charge in [-0.2, -0.15) is 0 Å². The van der Waals surface area contributed by atoms with E-state index < -0.39 is 0 Å². The van der Waals surface area contributed by atoms with Gasteiger partial charge in [0.1, 0.15) is 0 Å². The van der Waals surface area contributed by atoms with Crippen LogP contribution in [0.3, 0.4) is 0 Å². The zero-order valence-corrected chi connectivity index (χ0v) is 16.0. The normalized spacial score (nSPS) is 14.8. The van der Waals surface area contributed by atoms with Crippen molar-refractivity contribution in [2.24, 2.45) is 5.92 Å². The van der Waals surface area contributed by atoms with Gasteiger partial charge in [-0.05, 0) is 55.8 Å². The van der Waals surface area contributed by atoms with E-state index in [0.29, 0.717) is 0 Å². The lowest BCUT2D eigenvalue weighted by Crippen LogP contribution is -2.34. The first kappa shape index (κ1) is 18.8. The van der Waals surface area contributed by atoms with Crippen molar-refractivity contribution in [3.63, 3.8) is 0 Å². The molecular formula is C20H22ClN3OS. The summed E-state index contributed by atoms with van der Waals surface area (Å²) in [6.45, 7) is 1.86. The van der Waals surface area contributed by atoms with Crippen LogP contribution in [0.1, 0.15) is 23.4 Å². The number of carbonyl (C=O) groups excluding carboxylic acids is 1. The summed E-state index contributed by atoms with van der Waals surface area (Å²) in [5.74, 6) is 0.268. The molecule has 136 valence electrons. The largest absolute Gasteiger partial charge is 0.326 e. The summed E-state index contributed by atoms with van der Waals surface area (Å²) in [4.78, 5) is 17.0. The lowest BCUT2D eigenvalue weighted by Gasteiger charge is -2.21. The number of nitrogens with zero attached hydrogens (tertiary/aromatic N) is 1. The number of hydrogen-bond donors (Lipinski definition) is 2. The van der Waals surface area contributed by atoms with Crippen LogP contribution in [0.4, 0.5) is 5.69 Å². The van der Waals surface area contributed by atoms with Crippen LogP contribution >= 0.6 is 23.7 Å². The minimum atomic E-state index is 0. The van der Waals surface area contributed by atoms with Crippen LogP contribution < -0.4 is 10.6 Å². The standard InChI is InChI=1S/C20H21N3OS.ClH/c24-20(15-9-11-21-12-10-15)22-16-7-5-14(6-8-16)13-19-23-17-3-1-2-4-18(17)25-19;/h1-8,15,21H,9-13H2,(H,22,24);1H. The highest BCUT2D eigenvalue weighted by molar-refractivity contribution is 7.18. The Hall–Kier alpha value is -1.95. The molecule has 2 aromatic carbocycles. The smallest absolute Gasteiger partial charge is 0.227 e. The average Bonchev–Trinajstić information content (AvgIpc) is 3.06. The number of carbonyl (C=O) groups is 1. The van der Waals surface area contributed by atoms with Crippen LogP contribution in [-0.2, 0) is 11.2 Å². The van der Waals surface area contributed by atoms with Gasteiger partial charge in [-0.1, -0.05) is 24.3 Å².